The minimum atomic E-state index is 0.0387. The lowest BCUT2D eigenvalue weighted by atomic mass is 10.2. The molecule has 1 aromatic heterocycles. The molecule has 1 saturated heterocycles. The fourth-order valence-corrected chi connectivity index (χ4v) is 2.82. The molecule has 0 radical (unpaired) electrons. The predicted octanol–water partition coefficient (Wildman–Crippen LogP) is 1.68. The maximum absolute atomic E-state index is 12.5. The highest BCUT2D eigenvalue weighted by Gasteiger charge is 2.30. The first-order chi connectivity index (χ1) is 9.69. The molecule has 2 rings (SSSR count). The average Bonchev–Trinajstić information content (AvgIpc) is 2.97. The number of nitrogens with zero attached hydrogens (tertiary/aromatic N) is 3. The number of likely N-dealkylation sites (N-methyl/N-ethyl adjacent to an activating group) is 1. The molecule has 110 valence electrons. The minimum absolute atomic E-state index is 0.0387. The number of carbonyl (C=O) groups is 1. The Morgan fingerprint density at radius 3 is 2.85 bits per heavy atom. The largest absolute Gasteiger partial charge is 0.373 e. The second-order valence-electron chi connectivity index (χ2n) is 5.07. The van der Waals surface area contributed by atoms with Crippen LogP contribution >= 0.6 is 0 Å². The van der Waals surface area contributed by atoms with Crippen LogP contribution in [0.15, 0.2) is 18.2 Å². The van der Waals surface area contributed by atoms with E-state index in [1.165, 1.54) is 0 Å². The van der Waals surface area contributed by atoms with Gasteiger partial charge in [-0.3, -0.25) is 9.69 Å². The molecule has 5 nitrogen and oxygen atoms in total. The topological polar surface area (TPSA) is 48.5 Å². The Bertz CT molecular complexity index is 459. The monoisotopic (exact) mass is 276 g/mol. The number of likely N-dealkylation sites (tertiary alicyclic amines) is 1. The third kappa shape index (κ3) is 3.10. The second-order valence-corrected chi connectivity index (χ2v) is 5.07. The molecule has 1 unspecified atom stereocenters. The van der Waals surface area contributed by atoms with E-state index in [0.717, 1.165) is 38.4 Å². The van der Waals surface area contributed by atoms with Crippen molar-refractivity contribution in [3.05, 3.63) is 23.9 Å². The summed E-state index contributed by atoms with van der Waals surface area (Å²) in [5.74, 6) is 0.770. The number of amides is 1. The molecule has 1 fully saturated rings. The first-order valence-electron chi connectivity index (χ1n) is 7.37. The van der Waals surface area contributed by atoms with Crippen LogP contribution in [-0.4, -0.2) is 60.0 Å². The number of rotatable bonds is 5. The van der Waals surface area contributed by atoms with E-state index in [9.17, 15) is 4.79 Å². The third-order valence-corrected chi connectivity index (χ3v) is 4.00. The van der Waals surface area contributed by atoms with Gasteiger partial charge in [0, 0.05) is 26.2 Å². The highest BCUT2D eigenvalue weighted by Crippen LogP contribution is 2.18. The molecule has 20 heavy (non-hydrogen) atoms. The molecule has 1 aliphatic rings. The van der Waals surface area contributed by atoms with E-state index in [-0.39, 0.29) is 5.91 Å². The lowest BCUT2D eigenvalue weighted by Gasteiger charge is -2.26. The van der Waals surface area contributed by atoms with E-state index in [0.29, 0.717) is 11.7 Å². The lowest BCUT2D eigenvalue weighted by molar-refractivity contribution is 0.0772. The van der Waals surface area contributed by atoms with Crippen molar-refractivity contribution < 1.29 is 4.79 Å². The van der Waals surface area contributed by atoms with E-state index in [1.54, 1.807) is 6.07 Å². The molecule has 0 spiro atoms. The maximum Gasteiger partial charge on any atom is 0.272 e. The van der Waals surface area contributed by atoms with Crippen LogP contribution in [0, 0.1) is 0 Å². The van der Waals surface area contributed by atoms with Gasteiger partial charge in [0.15, 0.2) is 0 Å². The Morgan fingerprint density at radius 1 is 1.45 bits per heavy atom. The van der Waals surface area contributed by atoms with E-state index in [1.807, 2.05) is 24.1 Å². The van der Waals surface area contributed by atoms with Crippen LogP contribution in [0.1, 0.15) is 30.8 Å². The molecule has 1 amide bonds. The van der Waals surface area contributed by atoms with Gasteiger partial charge in [-0.1, -0.05) is 19.9 Å². The Labute approximate surface area is 121 Å². The van der Waals surface area contributed by atoms with Crippen LogP contribution in [-0.2, 0) is 0 Å². The van der Waals surface area contributed by atoms with Gasteiger partial charge in [-0.05, 0) is 31.6 Å². The zero-order valence-electron chi connectivity index (χ0n) is 12.6. The quantitative estimate of drug-likeness (QED) is 0.889. The molecule has 2 heterocycles. The van der Waals surface area contributed by atoms with E-state index in [4.69, 9.17) is 0 Å². The van der Waals surface area contributed by atoms with Gasteiger partial charge >= 0.3 is 0 Å². The molecule has 0 aliphatic carbocycles. The highest BCUT2D eigenvalue weighted by molar-refractivity contribution is 5.92. The number of nitrogens with one attached hydrogen (secondary N) is 1. The number of pyridine rings is 1. The van der Waals surface area contributed by atoms with Crippen LogP contribution in [0.2, 0.25) is 0 Å². The maximum atomic E-state index is 12.5. The summed E-state index contributed by atoms with van der Waals surface area (Å²) in [5.41, 5.74) is 0.525. The van der Waals surface area contributed by atoms with Crippen molar-refractivity contribution in [2.45, 2.75) is 26.3 Å². The van der Waals surface area contributed by atoms with Gasteiger partial charge in [0.1, 0.15) is 11.5 Å². The van der Waals surface area contributed by atoms with Gasteiger partial charge in [-0.25, -0.2) is 4.98 Å². The van der Waals surface area contributed by atoms with Crippen molar-refractivity contribution in [1.29, 1.82) is 0 Å². The van der Waals surface area contributed by atoms with Crippen molar-refractivity contribution >= 4 is 11.7 Å². The molecular formula is C15H24N4O. The molecule has 5 heteroatoms. The summed E-state index contributed by atoms with van der Waals surface area (Å²) in [5, 5.41) is 2.97. The van der Waals surface area contributed by atoms with Crippen molar-refractivity contribution in [3.63, 3.8) is 0 Å². The SMILES string of the molecule is CCN(CC)C1CCN(C(=O)c2cccc(NC)n2)C1. The molecular weight excluding hydrogens is 252 g/mol. The smallest absolute Gasteiger partial charge is 0.272 e. The number of hydrogen-bond acceptors (Lipinski definition) is 4. The average molecular weight is 276 g/mol. The zero-order valence-corrected chi connectivity index (χ0v) is 12.6. The minimum Gasteiger partial charge on any atom is -0.373 e. The Balaban J connectivity index is 2.03. The normalized spacial score (nSPS) is 18.6. The van der Waals surface area contributed by atoms with Gasteiger partial charge in [-0.2, -0.15) is 0 Å². The van der Waals surface area contributed by atoms with Gasteiger partial charge < -0.3 is 10.2 Å². The van der Waals surface area contributed by atoms with E-state index >= 15 is 0 Å². The fraction of sp³-hybridized carbons (Fsp3) is 0.600. The van der Waals surface area contributed by atoms with Gasteiger partial charge in [0.25, 0.3) is 5.91 Å². The predicted molar refractivity (Wildman–Crippen MR) is 81.0 cm³/mol. The summed E-state index contributed by atoms with van der Waals surface area (Å²) in [6.07, 6.45) is 1.05. The summed E-state index contributed by atoms with van der Waals surface area (Å²) in [6, 6.07) is 6.00. The molecule has 1 aliphatic heterocycles. The number of anilines is 1. The van der Waals surface area contributed by atoms with Crippen LogP contribution in [0.5, 0.6) is 0 Å². The van der Waals surface area contributed by atoms with E-state index < -0.39 is 0 Å². The first-order valence-corrected chi connectivity index (χ1v) is 7.37. The van der Waals surface area contributed by atoms with Crippen molar-refractivity contribution in [3.8, 4) is 0 Å². The molecule has 1 N–H and O–H groups in total. The summed E-state index contributed by atoms with van der Waals surface area (Å²) >= 11 is 0. The summed E-state index contributed by atoms with van der Waals surface area (Å²) in [4.78, 5) is 21.1. The van der Waals surface area contributed by atoms with E-state index in [2.05, 4.69) is 29.0 Å². The third-order valence-electron chi connectivity index (χ3n) is 4.00. The molecule has 0 bridgehead atoms. The number of carbonyl (C=O) groups excluding carboxylic acids is 1. The Morgan fingerprint density at radius 2 is 2.20 bits per heavy atom. The van der Waals surface area contributed by atoms with Crippen LogP contribution in [0.4, 0.5) is 5.82 Å². The van der Waals surface area contributed by atoms with Crippen molar-refractivity contribution in [2.24, 2.45) is 0 Å². The molecule has 0 aromatic carbocycles. The van der Waals surface area contributed by atoms with Gasteiger partial charge in [-0.15, -0.1) is 0 Å². The Kier molecular flexibility index (Phi) is 4.95. The summed E-state index contributed by atoms with van der Waals surface area (Å²) in [7, 11) is 1.81. The zero-order chi connectivity index (χ0) is 14.5. The number of aromatic nitrogens is 1. The Hall–Kier alpha value is -1.62. The van der Waals surface area contributed by atoms with Crippen LogP contribution in [0.25, 0.3) is 0 Å². The fourth-order valence-electron chi connectivity index (χ4n) is 2.82. The molecule has 0 saturated carbocycles. The summed E-state index contributed by atoms with van der Waals surface area (Å²) < 4.78 is 0. The first kappa shape index (κ1) is 14.8. The van der Waals surface area contributed by atoms with Crippen LogP contribution < -0.4 is 5.32 Å². The van der Waals surface area contributed by atoms with Gasteiger partial charge in [0.05, 0.1) is 0 Å². The van der Waals surface area contributed by atoms with Crippen molar-refractivity contribution in [1.82, 2.24) is 14.8 Å². The highest BCUT2D eigenvalue weighted by atomic mass is 16.2. The summed E-state index contributed by atoms with van der Waals surface area (Å²) in [6.45, 7) is 8.06. The standard InChI is InChI=1S/C15H24N4O/c1-4-18(5-2)12-9-10-19(11-12)15(20)13-7-6-8-14(16-3)17-13/h6-8,12H,4-5,9-11H2,1-3H3,(H,16,17). The second kappa shape index (κ2) is 6.70. The molecule has 1 aromatic rings. The van der Waals surface area contributed by atoms with Gasteiger partial charge in [0.2, 0.25) is 0 Å². The molecule has 1 atom stereocenters. The van der Waals surface area contributed by atoms with Crippen molar-refractivity contribution in [2.75, 3.05) is 38.5 Å². The van der Waals surface area contributed by atoms with Crippen LogP contribution in [0.3, 0.4) is 0 Å². The number of hydrogen-bond donors (Lipinski definition) is 1. The lowest BCUT2D eigenvalue weighted by Crippen LogP contribution is -2.38.